The maximum absolute atomic E-state index is 11.4. The fraction of sp³-hybridized carbons (Fsp3) is 0.750. The van der Waals surface area contributed by atoms with Crippen molar-refractivity contribution in [1.82, 2.24) is 11.0 Å². The zero-order chi connectivity index (χ0) is 11.9. The fourth-order valence-corrected chi connectivity index (χ4v) is 0.815. The van der Waals surface area contributed by atoms with E-state index in [1.54, 1.807) is 0 Å². The number of nitrogens with zero attached hydrogens (tertiary/aromatic N) is 1. The molecule has 0 aliphatic heterocycles. The lowest BCUT2D eigenvalue weighted by atomic mass is 10.2. The van der Waals surface area contributed by atoms with Crippen molar-refractivity contribution in [3.8, 4) is 0 Å². The van der Waals surface area contributed by atoms with Gasteiger partial charge in [0.2, 0.25) is 5.91 Å². The third-order valence-electron chi connectivity index (χ3n) is 1.89. The van der Waals surface area contributed by atoms with E-state index >= 15 is 0 Å². The Morgan fingerprint density at radius 3 is 2.40 bits per heavy atom. The van der Waals surface area contributed by atoms with Gasteiger partial charge >= 0.3 is 6.09 Å². The van der Waals surface area contributed by atoms with E-state index in [1.165, 1.54) is 6.92 Å². The van der Waals surface area contributed by atoms with Crippen LogP contribution in [0.15, 0.2) is 0 Å². The third-order valence-corrected chi connectivity index (χ3v) is 1.89. The predicted octanol–water partition coefficient (Wildman–Crippen LogP) is 0.725. The maximum Gasteiger partial charge on any atom is 0.535 e. The summed E-state index contributed by atoms with van der Waals surface area (Å²) in [6, 6.07) is 0. The molecule has 0 saturated heterocycles. The molecular formula is C8H17N3O4. The van der Waals surface area contributed by atoms with Crippen LogP contribution in [-0.2, 0) is 4.79 Å². The van der Waals surface area contributed by atoms with Crippen LogP contribution in [0.3, 0.4) is 0 Å². The van der Waals surface area contributed by atoms with Gasteiger partial charge in [0, 0.05) is 6.42 Å². The molecule has 0 aliphatic carbocycles. The Hall–Kier alpha value is -1.18. The second-order valence-corrected chi connectivity index (χ2v) is 3.10. The maximum atomic E-state index is 11.4. The first-order valence-electron chi connectivity index (χ1n) is 4.85. The van der Waals surface area contributed by atoms with E-state index in [0.717, 1.165) is 6.42 Å². The molecule has 0 spiro atoms. The van der Waals surface area contributed by atoms with Crippen LogP contribution in [0, 0.1) is 5.21 Å². The molecule has 15 heavy (non-hydrogen) atoms. The summed E-state index contributed by atoms with van der Waals surface area (Å²) in [5.41, 5.74) is 4.02. The molecule has 1 unspecified atom stereocenters. The number of amides is 2. The Balaban J connectivity index is 4.01. The molecule has 0 aromatic rings. The van der Waals surface area contributed by atoms with Crippen molar-refractivity contribution in [2.24, 2.45) is 0 Å². The number of carboxylic acid groups (broad SMARTS) is 1. The summed E-state index contributed by atoms with van der Waals surface area (Å²) in [4.78, 5) is 21.6. The van der Waals surface area contributed by atoms with Gasteiger partial charge in [-0.3, -0.25) is 4.79 Å². The molecule has 3 N–H and O–H groups in total. The van der Waals surface area contributed by atoms with Crippen LogP contribution in [0.25, 0.3) is 0 Å². The molecular weight excluding hydrogens is 202 g/mol. The Labute approximate surface area is 88.2 Å². The van der Waals surface area contributed by atoms with E-state index in [-0.39, 0.29) is 18.9 Å². The Morgan fingerprint density at radius 2 is 2.00 bits per heavy atom. The van der Waals surface area contributed by atoms with Gasteiger partial charge in [-0.05, 0) is 13.3 Å². The van der Waals surface area contributed by atoms with Crippen LogP contribution < -0.4 is 11.0 Å². The SMILES string of the molecule is CCCCC(=O)NN[N+]([O-])(CC)C(=O)O. The van der Waals surface area contributed by atoms with Crippen LogP contribution >= 0.6 is 0 Å². The summed E-state index contributed by atoms with van der Waals surface area (Å²) >= 11 is 0. The minimum Gasteiger partial charge on any atom is -0.600 e. The molecule has 7 heteroatoms. The molecule has 0 aromatic heterocycles. The van der Waals surface area contributed by atoms with Gasteiger partial charge < -0.3 is 10.3 Å². The van der Waals surface area contributed by atoms with Gasteiger partial charge in [0.05, 0.1) is 0 Å². The molecule has 88 valence electrons. The number of hydrogen-bond acceptors (Lipinski definition) is 4. The molecule has 7 nitrogen and oxygen atoms in total. The first-order chi connectivity index (χ1) is 6.96. The molecule has 0 fully saturated rings. The summed E-state index contributed by atoms with van der Waals surface area (Å²) in [6.45, 7) is 3.12. The Bertz CT molecular complexity index is 234. The van der Waals surface area contributed by atoms with E-state index in [2.05, 4.69) is 5.43 Å². The zero-order valence-electron chi connectivity index (χ0n) is 8.95. The lowest BCUT2D eigenvalue weighted by Crippen LogP contribution is -2.62. The highest BCUT2D eigenvalue weighted by Crippen LogP contribution is 1.98. The van der Waals surface area contributed by atoms with Gasteiger partial charge in [0.1, 0.15) is 6.54 Å². The average molecular weight is 219 g/mol. The lowest BCUT2D eigenvalue weighted by Gasteiger charge is -2.33. The van der Waals surface area contributed by atoms with Crippen LogP contribution in [0.4, 0.5) is 4.79 Å². The second kappa shape index (κ2) is 6.33. The van der Waals surface area contributed by atoms with E-state index < -0.39 is 10.8 Å². The van der Waals surface area contributed by atoms with Gasteiger partial charge in [-0.1, -0.05) is 18.9 Å². The van der Waals surface area contributed by atoms with Crippen molar-refractivity contribution in [3.63, 3.8) is 0 Å². The lowest BCUT2D eigenvalue weighted by molar-refractivity contribution is -0.856. The summed E-state index contributed by atoms with van der Waals surface area (Å²) < 4.78 is -1.68. The number of hydrogen-bond donors (Lipinski definition) is 3. The number of carbonyl (C=O) groups is 2. The van der Waals surface area contributed by atoms with E-state index in [1.807, 2.05) is 12.5 Å². The van der Waals surface area contributed by atoms with E-state index in [9.17, 15) is 14.8 Å². The molecule has 0 heterocycles. The number of rotatable bonds is 6. The molecule has 0 rings (SSSR count). The minimum atomic E-state index is -1.68. The van der Waals surface area contributed by atoms with Gasteiger partial charge in [-0.25, -0.2) is 5.43 Å². The quantitative estimate of drug-likeness (QED) is 0.451. The first kappa shape index (κ1) is 13.8. The van der Waals surface area contributed by atoms with Crippen molar-refractivity contribution in [2.45, 2.75) is 33.1 Å². The fourth-order valence-electron chi connectivity index (χ4n) is 0.815. The summed E-state index contributed by atoms with van der Waals surface area (Å²) in [5.74, 6) is -0.384. The zero-order valence-corrected chi connectivity index (χ0v) is 8.95. The number of hydroxylamine groups is 2. The highest BCUT2D eigenvalue weighted by molar-refractivity contribution is 5.75. The van der Waals surface area contributed by atoms with Gasteiger partial charge in [0.25, 0.3) is 0 Å². The topological polar surface area (TPSA) is 101 Å². The first-order valence-corrected chi connectivity index (χ1v) is 4.85. The van der Waals surface area contributed by atoms with Crippen molar-refractivity contribution in [3.05, 3.63) is 5.21 Å². The molecule has 0 radical (unpaired) electrons. The third kappa shape index (κ3) is 4.73. The summed E-state index contributed by atoms with van der Waals surface area (Å²) in [5, 5.41) is 19.9. The number of hydrazine groups is 1. The molecule has 0 bridgehead atoms. The average Bonchev–Trinajstić information content (AvgIpc) is 2.22. The summed E-state index contributed by atoms with van der Waals surface area (Å²) in [6.07, 6.45) is 0.240. The van der Waals surface area contributed by atoms with Gasteiger partial charge in [0.15, 0.2) is 0 Å². The van der Waals surface area contributed by atoms with Crippen molar-refractivity contribution < 1.29 is 19.5 Å². The normalized spacial score (nSPS) is 14.3. The van der Waals surface area contributed by atoms with Gasteiger partial charge in [-0.15, -0.1) is 0 Å². The number of quaternary nitrogens is 1. The largest absolute Gasteiger partial charge is 0.600 e. The highest BCUT2D eigenvalue weighted by atomic mass is 16.7. The number of unbranched alkanes of at least 4 members (excludes halogenated alkanes) is 1. The molecule has 0 aromatic carbocycles. The monoisotopic (exact) mass is 219 g/mol. The van der Waals surface area contributed by atoms with E-state index in [4.69, 9.17) is 5.11 Å². The Kier molecular flexibility index (Phi) is 5.83. The molecule has 1 atom stereocenters. The second-order valence-electron chi connectivity index (χ2n) is 3.10. The van der Waals surface area contributed by atoms with Crippen molar-refractivity contribution >= 4 is 12.0 Å². The Morgan fingerprint density at radius 1 is 1.40 bits per heavy atom. The molecule has 0 aliphatic rings. The highest BCUT2D eigenvalue weighted by Gasteiger charge is 2.25. The smallest absolute Gasteiger partial charge is 0.535 e. The molecule has 0 saturated carbocycles. The number of nitrogens with one attached hydrogen (secondary N) is 2. The summed E-state index contributed by atoms with van der Waals surface area (Å²) in [7, 11) is 0. The van der Waals surface area contributed by atoms with Crippen LogP contribution in [0.5, 0.6) is 0 Å². The van der Waals surface area contributed by atoms with Gasteiger partial charge in [-0.2, -0.15) is 9.55 Å². The van der Waals surface area contributed by atoms with Crippen molar-refractivity contribution in [1.29, 1.82) is 0 Å². The van der Waals surface area contributed by atoms with E-state index in [0.29, 0.717) is 6.42 Å². The minimum absolute atomic E-state index is 0.219. The van der Waals surface area contributed by atoms with Crippen LogP contribution in [0.1, 0.15) is 33.1 Å². The predicted molar refractivity (Wildman–Crippen MR) is 53.0 cm³/mol. The number of carbonyl (C=O) groups excluding carboxylic acids is 1. The van der Waals surface area contributed by atoms with Crippen LogP contribution in [0.2, 0.25) is 0 Å². The van der Waals surface area contributed by atoms with Crippen molar-refractivity contribution in [2.75, 3.05) is 6.54 Å². The van der Waals surface area contributed by atoms with Crippen LogP contribution in [-0.4, -0.2) is 28.4 Å². The molecule has 2 amide bonds. The standard InChI is InChI=1S/C8H17N3O4/c1-3-5-6-7(12)9-10-11(15,4-2)8(13)14/h10H,3-6H2,1-2H3,(H,9,12)(H,13,14).